The van der Waals surface area contributed by atoms with Gasteiger partial charge in [-0.25, -0.2) is 9.97 Å². The number of benzene rings is 1. The Labute approximate surface area is 139 Å². The van der Waals surface area contributed by atoms with Gasteiger partial charge < -0.3 is 9.47 Å². The van der Waals surface area contributed by atoms with E-state index in [0.717, 1.165) is 11.2 Å². The fraction of sp³-hybridized carbons (Fsp3) is 0.235. The predicted molar refractivity (Wildman–Crippen MR) is 90.5 cm³/mol. The summed E-state index contributed by atoms with van der Waals surface area (Å²) < 4.78 is 1.82. The summed E-state index contributed by atoms with van der Waals surface area (Å²) in [6, 6.07) is 9.21. The van der Waals surface area contributed by atoms with Crippen LogP contribution in [-0.2, 0) is 7.05 Å². The molecule has 1 unspecified atom stereocenters. The lowest BCUT2D eigenvalue weighted by Gasteiger charge is -2.25. The Morgan fingerprint density at radius 1 is 1.26 bits per heavy atom. The number of rotatable bonds is 3. The van der Waals surface area contributed by atoms with Gasteiger partial charge in [-0.1, -0.05) is 23.7 Å². The Hall–Kier alpha value is -2.40. The van der Waals surface area contributed by atoms with Crippen molar-refractivity contribution in [1.29, 1.82) is 0 Å². The van der Waals surface area contributed by atoms with Gasteiger partial charge in [0.1, 0.15) is 5.52 Å². The topological polar surface area (TPSA) is 51.0 Å². The third kappa shape index (κ3) is 2.92. The van der Waals surface area contributed by atoms with E-state index in [9.17, 15) is 4.79 Å². The molecular weight excluding hydrogens is 312 g/mol. The Morgan fingerprint density at radius 3 is 2.65 bits per heavy atom. The molecule has 0 saturated carbocycles. The summed E-state index contributed by atoms with van der Waals surface area (Å²) in [6.07, 6.45) is 3.28. The number of aryl methyl sites for hydroxylation is 1. The number of imidazole rings is 1. The van der Waals surface area contributed by atoms with Gasteiger partial charge in [-0.2, -0.15) is 0 Å². The Bertz CT molecular complexity index is 857. The minimum Gasteiger partial charge on any atom is -0.335 e. The van der Waals surface area contributed by atoms with Gasteiger partial charge in [0, 0.05) is 25.3 Å². The number of aromatic nitrogens is 3. The second kappa shape index (κ2) is 6.01. The maximum atomic E-state index is 12.7. The van der Waals surface area contributed by atoms with Crippen LogP contribution in [0.3, 0.4) is 0 Å². The van der Waals surface area contributed by atoms with E-state index in [1.165, 1.54) is 0 Å². The lowest BCUT2D eigenvalue weighted by molar-refractivity contribution is 0.0742. The molecule has 0 aliphatic rings. The number of pyridine rings is 1. The maximum Gasteiger partial charge on any atom is 0.255 e. The quantitative estimate of drug-likeness (QED) is 0.740. The number of halogens is 1. The van der Waals surface area contributed by atoms with Gasteiger partial charge in [-0.15, -0.1) is 0 Å². The minimum atomic E-state index is -0.0903. The van der Waals surface area contributed by atoms with Gasteiger partial charge in [0.15, 0.2) is 5.65 Å². The van der Waals surface area contributed by atoms with Crippen LogP contribution < -0.4 is 0 Å². The molecule has 6 heteroatoms. The largest absolute Gasteiger partial charge is 0.335 e. The van der Waals surface area contributed by atoms with E-state index in [0.29, 0.717) is 16.1 Å². The van der Waals surface area contributed by atoms with Gasteiger partial charge >= 0.3 is 0 Å². The van der Waals surface area contributed by atoms with Crippen molar-refractivity contribution < 1.29 is 4.79 Å². The molecule has 0 saturated heterocycles. The fourth-order valence-corrected chi connectivity index (χ4v) is 2.60. The minimum absolute atomic E-state index is 0.0702. The van der Waals surface area contributed by atoms with Crippen molar-refractivity contribution in [2.45, 2.75) is 13.0 Å². The first-order valence-corrected chi connectivity index (χ1v) is 7.65. The molecule has 0 aliphatic carbocycles. The summed E-state index contributed by atoms with van der Waals surface area (Å²) in [4.78, 5) is 23.0. The van der Waals surface area contributed by atoms with E-state index >= 15 is 0 Å². The molecular formula is C17H17ClN4O. The fourth-order valence-electron chi connectivity index (χ4n) is 2.48. The molecule has 2 aromatic heterocycles. The molecule has 3 rings (SSSR count). The van der Waals surface area contributed by atoms with Crippen molar-refractivity contribution >= 4 is 28.7 Å². The van der Waals surface area contributed by atoms with E-state index in [1.54, 1.807) is 30.5 Å². The predicted octanol–water partition coefficient (Wildman–Crippen LogP) is 3.45. The highest BCUT2D eigenvalue weighted by Gasteiger charge is 2.20. The van der Waals surface area contributed by atoms with Gasteiger partial charge in [0.2, 0.25) is 0 Å². The molecule has 3 aromatic rings. The summed E-state index contributed by atoms with van der Waals surface area (Å²) in [5, 5.41) is 0.680. The Morgan fingerprint density at radius 2 is 1.96 bits per heavy atom. The van der Waals surface area contributed by atoms with Crippen molar-refractivity contribution in [3.8, 4) is 0 Å². The van der Waals surface area contributed by atoms with Crippen LogP contribution >= 0.6 is 11.6 Å². The van der Waals surface area contributed by atoms with Crippen LogP contribution in [0.4, 0.5) is 0 Å². The van der Waals surface area contributed by atoms with Crippen LogP contribution in [-0.4, -0.2) is 32.4 Å². The van der Waals surface area contributed by atoms with Gasteiger partial charge in [0.05, 0.1) is 17.9 Å². The van der Waals surface area contributed by atoms with E-state index in [1.807, 2.05) is 42.8 Å². The molecule has 0 radical (unpaired) electrons. The molecule has 5 nitrogen and oxygen atoms in total. The Kier molecular flexibility index (Phi) is 4.05. The Balaban J connectivity index is 1.86. The van der Waals surface area contributed by atoms with E-state index in [-0.39, 0.29) is 11.9 Å². The molecule has 23 heavy (non-hydrogen) atoms. The normalized spacial score (nSPS) is 12.3. The molecule has 1 aromatic carbocycles. The molecule has 1 amide bonds. The first-order chi connectivity index (χ1) is 11.0. The zero-order valence-corrected chi connectivity index (χ0v) is 13.9. The third-order valence-electron chi connectivity index (χ3n) is 4.05. The summed E-state index contributed by atoms with van der Waals surface area (Å²) in [5.74, 6) is -0.0903. The summed E-state index contributed by atoms with van der Waals surface area (Å²) >= 11 is 5.91. The van der Waals surface area contributed by atoms with Crippen molar-refractivity contribution in [2.24, 2.45) is 7.05 Å². The van der Waals surface area contributed by atoms with Crippen LogP contribution in [0.5, 0.6) is 0 Å². The van der Waals surface area contributed by atoms with Crippen LogP contribution in [0.1, 0.15) is 28.9 Å². The number of hydrogen-bond acceptors (Lipinski definition) is 3. The molecule has 0 fully saturated rings. The van der Waals surface area contributed by atoms with Crippen molar-refractivity contribution in [1.82, 2.24) is 19.4 Å². The zero-order chi connectivity index (χ0) is 16.6. The van der Waals surface area contributed by atoms with Crippen LogP contribution in [0.25, 0.3) is 11.2 Å². The monoisotopic (exact) mass is 328 g/mol. The summed E-state index contributed by atoms with van der Waals surface area (Å²) in [7, 11) is 3.66. The van der Waals surface area contributed by atoms with Crippen molar-refractivity contribution in [3.05, 3.63) is 59.0 Å². The smallest absolute Gasteiger partial charge is 0.255 e. The maximum absolute atomic E-state index is 12.7. The molecule has 1 atom stereocenters. The number of carbonyl (C=O) groups is 1. The van der Waals surface area contributed by atoms with Crippen LogP contribution in [0.15, 0.2) is 42.9 Å². The molecule has 0 spiro atoms. The highest BCUT2D eigenvalue weighted by Crippen LogP contribution is 2.23. The first-order valence-electron chi connectivity index (χ1n) is 7.27. The standard InChI is InChI=1S/C17H17ClN4O/c1-11(12-4-6-14(18)7-5-12)22(3)17(23)13-8-15-16(19-9-13)21(2)10-20-15/h4-11H,1-3H3. The van der Waals surface area contributed by atoms with Crippen LogP contribution in [0.2, 0.25) is 5.02 Å². The number of fused-ring (bicyclic) bond motifs is 1. The van der Waals surface area contributed by atoms with Crippen LogP contribution in [0, 0.1) is 0 Å². The third-order valence-corrected chi connectivity index (χ3v) is 4.30. The number of carbonyl (C=O) groups excluding carboxylic acids is 1. The van der Waals surface area contributed by atoms with Gasteiger partial charge in [0.25, 0.3) is 5.91 Å². The second-order valence-corrected chi connectivity index (χ2v) is 6.00. The molecule has 118 valence electrons. The molecule has 0 N–H and O–H groups in total. The summed E-state index contributed by atoms with van der Waals surface area (Å²) in [5.41, 5.74) is 3.03. The average molecular weight is 329 g/mol. The van der Waals surface area contributed by atoms with Crippen molar-refractivity contribution in [3.63, 3.8) is 0 Å². The summed E-state index contributed by atoms with van der Waals surface area (Å²) in [6.45, 7) is 1.98. The highest BCUT2D eigenvalue weighted by atomic mass is 35.5. The first kappa shape index (κ1) is 15.5. The number of nitrogens with zero attached hydrogens (tertiary/aromatic N) is 4. The lowest BCUT2D eigenvalue weighted by atomic mass is 10.1. The van der Waals surface area contributed by atoms with Gasteiger partial charge in [-0.3, -0.25) is 4.79 Å². The lowest BCUT2D eigenvalue weighted by Crippen LogP contribution is -2.29. The molecule has 0 bridgehead atoms. The molecule has 0 aliphatic heterocycles. The van der Waals surface area contributed by atoms with Crippen molar-refractivity contribution in [2.75, 3.05) is 7.05 Å². The van der Waals surface area contributed by atoms with E-state index in [2.05, 4.69) is 9.97 Å². The SMILES string of the molecule is CC(c1ccc(Cl)cc1)N(C)C(=O)c1cnc2c(c1)ncn2C. The number of amides is 1. The van der Waals surface area contributed by atoms with E-state index < -0.39 is 0 Å². The van der Waals surface area contributed by atoms with Gasteiger partial charge in [-0.05, 0) is 30.7 Å². The second-order valence-electron chi connectivity index (χ2n) is 5.57. The average Bonchev–Trinajstić information content (AvgIpc) is 2.94. The number of hydrogen-bond donors (Lipinski definition) is 0. The zero-order valence-electron chi connectivity index (χ0n) is 13.2. The van der Waals surface area contributed by atoms with E-state index in [4.69, 9.17) is 11.6 Å². The molecule has 2 heterocycles. The highest BCUT2D eigenvalue weighted by molar-refractivity contribution is 6.30.